The molecule has 0 unspecified atom stereocenters. The Morgan fingerprint density at radius 2 is 1.61 bits per heavy atom. The number of nitrogens with zero attached hydrogens (tertiary/aromatic N) is 3. The van der Waals surface area contributed by atoms with Gasteiger partial charge in [0.1, 0.15) is 12.4 Å². The Morgan fingerprint density at radius 1 is 0.921 bits per heavy atom. The van der Waals surface area contributed by atoms with Crippen LogP contribution in [0.3, 0.4) is 0 Å². The highest BCUT2D eigenvalue weighted by molar-refractivity contribution is 7.09. The van der Waals surface area contributed by atoms with Gasteiger partial charge in [-0.2, -0.15) is 0 Å². The molecule has 1 saturated heterocycles. The van der Waals surface area contributed by atoms with Gasteiger partial charge in [0.05, 0.1) is 6.54 Å². The number of likely N-dealkylation sites (tertiary alicyclic amines) is 1. The first kappa shape index (κ1) is 28.0. The van der Waals surface area contributed by atoms with Crippen molar-refractivity contribution < 1.29 is 14.0 Å². The van der Waals surface area contributed by atoms with Crippen LogP contribution in [0.1, 0.15) is 60.0 Å². The number of hydrogen-bond donors (Lipinski definition) is 0. The molecule has 1 aliphatic heterocycles. The van der Waals surface area contributed by atoms with Crippen molar-refractivity contribution in [3.63, 3.8) is 0 Å². The SMILES string of the molecule is CC(C)(C)c1ccc(C(=O)N(CCN2CCCC2)CC(=O)N(Cc2ccc(F)cc2)Cc2cccs2)cc1. The van der Waals surface area contributed by atoms with Crippen LogP contribution in [-0.4, -0.2) is 59.2 Å². The van der Waals surface area contributed by atoms with Gasteiger partial charge in [0.25, 0.3) is 5.91 Å². The average Bonchev–Trinajstić information content (AvgIpc) is 3.61. The van der Waals surface area contributed by atoms with Gasteiger partial charge < -0.3 is 14.7 Å². The Balaban J connectivity index is 1.53. The van der Waals surface area contributed by atoms with Crippen molar-refractivity contribution in [2.24, 2.45) is 0 Å². The number of carbonyl (C=O) groups excluding carboxylic acids is 2. The van der Waals surface area contributed by atoms with Crippen LogP contribution in [0.15, 0.2) is 66.0 Å². The summed E-state index contributed by atoms with van der Waals surface area (Å²) in [5.74, 6) is -0.555. The Bertz CT molecular complexity index is 1180. The van der Waals surface area contributed by atoms with Crippen molar-refractivity contribution in [2.75, 3.05) is 32.7 Å². The lowest BCUT2D eigenvalue weighted by molar-refractivity contribution is -0.133. The standard InChI is InChI=1S/C31H38FN3O2S/c1-31(2,3)26-12-10-25(11-13-26)30(37)34(19-18-33-16-4-5-17-33)23-29(36)35(22-28-7-6-20-38-28)21-24-8-14-27(32)15-9-24/h6-15,20H,4-5,16-19,21-23H2,1-3H3. The number of thiophene rings is 1. The summed E-state index contributed by atoms with van der Waals surface area (Å²) < 4.78 is 13.5. The smallest absolute Gasteiger partial charge is 0.254 e. The summed E-state index contributed by atoms with van der Waals surface area (Å²) >= 11 is 1.59. The summed E-state index contributed by atoms with van der Waals surface area (Å²) in [4.78, 5) is 34.3. The second-order valence-electron chi connectivity index (χ2n) is 11.1. The highest BCUT2D eigenvalue weighted by Gasteiger charge is 2.25. The lowest BCUT2D eigenvalue weighted by Gasteiger charge is -2.29. The van der Waals surface area contributed by atoms with E-state index in [0.29, 0.717) is 25.2 Å². The van der Waals surface area contributed by atoms with Crippen LogP contribution in [0.5, 0.6) is 0 Å². The van der Waals surface area contributed by atoms with Gasteiger partial charge in [-0.25, -0.2) is 4.39 Å². The van der Waals surface area contributed by atoms with Crippen LogP contribution < -0.4 is 0 Å². The lowest BCUT2D eigenvalue weighted by Crippen LogP contribution is -2.45. The molecule has 0 atom stereocenters. The number of halogens is 1. The molecule has 38 heavy (non-hydrogen) atoms. The van der Waals surface area contributed by atoms with E-state index < -0.39 is 0 Å². The first-order valence-corrected chi connectivity index (χ1v) is 14.2. The monoisotopic (exact) mass is 535 g/mol. The molecular weight excluding hydrogens is 497 g/mol. The molecule has 2 aromatic carbocycles. The molecule has 1 fully saturated rings. The van der Waals surface area contributed by atoms with E-state index in [-0.39, 0.29) is 29.6 Å². The summed E-state index contributed by atoms with van der Waals surface area (Å²) in [6.45, 7) is 10.6. The van der Waals surface area contributed by atoms with E-state index in [2.05, 4.69) is 25.7 Å². The molecule has 0 aliphatic carbocycles. The minimum atomic E-state index is -0.305. The van der Waals surface area contributed by atoms with Gasteiger partial charge in [-0.05, 0) is 78.2 Å². The highest BCUT2D eigenvalue weighted by atomic mass is 32.1. The maximum absolute atomic E-state index is 13.7. The fraction of sp³-hybridized carbons (Fsp3) is 0.419. The molecule has 0 radical (unpaired) electrons. The summed E-state index contributed by atoms with van der Waals surface area (Å²) in [7, 11) is 0. The van der Waals surface area contributed by atoms with Crippen LogP contribution >= 0.6 is 11.3 Å². The maximum atomic E-state index is 13.7. The zero-order valence-corrected chi connectivity index (χ0v) is 23.5. The van der Waals surface area contributed by atoms with E-state index in [1.54, 1.807) is 33.3 Å². The Morgan fingerprint density at radius 3 is 2.21 bits per heavy atom. The van der Waals surface area contributed by atoms with Crippen LogP contribution in [0.4, 0.5) is 4.39 Å². The average molecular weight is 536 g/mol. The molecule has 2 heterocycles. The molecule has 0 bridgehead atoms. The minimum absolute atomic E-state index is 0.000263. The molecular formula is C31H38FN3O2S. The third-order valence-corrected chi connectivity index (χ3v) is 7.92. The van der Waals surface area contributed by atoms with E-state index in [4.69, 9.17) is 0 Å². The summed E-state index contributed by atoms with van der Waals surface area (Å²) in [6, 6.07) is 18.0. The van der Waals surface area contributed by atoms with Gasteiger partial charge >= 0.3 is 0 Å². The summed E-state index contributed by atoms with van der Waals surface area (Å²) in [5.41, 5.74) is 2.60. The second-order valence-corrected chi connectivity index (χ2v) is 12.1. The van der Waals surface area contributed by atoms with Crippen molar-refractivity contribution in [3.05, 3.63) is 93.4 Å². The summed E-state index contributed by atoms with van der Waals surface area (Å²) in [6.07, 6.45) is 2.35. The zero-order chi connectivity index (χ0) is 27.1. The number of rotatable bonds is 10. The number of benzene rings is 2. The third kappa shape index (κ3) is 7.74. The van der Waals surface area contributed by atoms with Crippen molar-refractivity contribution in [1.29, 1.82) is 0 Å². The molecule has 5 nitrogen and oxygen atoms in total. The molecule has 1 aliphatic rings. The lowest BCUT2D eigenvalue weighted by atomic mass is 9.86. The van der Waals surface area contributed by atoms with E-state index in [0.717, 1.165) is 35.6 Å². The quantitative estimate of drug-likeness (QED) is 0.322. The molecule has 0 spiro atoms. The Labute approximate surface area is 229 Å². The minimum Gasteiger partial charge on any atom is -0.332 e. The van der Waals surface area contributed by atoms with Crippen LogP contribution in [-0.2, 0) is 23.3 Å². The van der Waals surface area contributed by atoms with Gasteiger partial charge in [-0.3, -0.25) is 9.59 Å². The van der Waals surface area contributed by atoms with Gasteiger partial charge in [0, 0.05) is 30.1 Å². The van der Waals surface area contributed by atoms with Crippen LogP contribution in [0.2, 0.25) is 0 Å². The molecule has 202 valence electrons. The fourth-order valence-electron chi connectivity index (χ4n) is 4.71. The van der Waals surface area contributed by atoms with Gasteiger partial charge in [-0.15, -0.1) is 11.3 Å². The van der Waals surface area contributed by atoms with E-state index in [9.17, 15) is 14.0 Å². The van der Waals surface area contributed by atoms with Gasteiger partial charge in [0.15, 0.2) is 0 Å². The van der Waals surface area contributed by atoms with Crippen LogP contribution in [0, 0.1) is 5.82 Å². The van der Waals surface area contributed by atoms with Gasteiger partial charge in [-0.1, -0.05) is 51.1 Å². The molecule has 2 amide bonds. The predicted octanol–water partition coefficient (Wildman–Crippen LogP) is 5.95. The molecule has 0 saturated carbocycles. The van der Waals surface area contributed by atoms with E-state index in [1.807, 2.05) is 41.8 Å². The zero-order valence-electron chi connectivity index (χ0n) is 22.7. The molecule has 3 aromatic rings. The van der Waals surface area contributed by atoms with Crippen LogP contribution in [0.25, 0.3) is 0 Å². The van der Waals surface area contributed by atoms with Crippen molar-refractivity contribution in [3.8, 4) is 0 Å². The highest BCUT2D eigenvalue weighted by Crippen LogP contribution is 2.23. The predicted molar refractivity (Wildman–Crippen MR) is 152 cm³/mol. The topological polar surface area (TPSA) is 43.9 Å². The Kier molecular flexibility index (Phi) is 9.34. The molecule has 1 aromatic heterocycles. The maximum Gasteiger partial charge on any atom is 0.254 e. The number of carbonyl (C=O) groups is 2. The fourth-order valence-corrected chi connectivity index (χ4v) is 5.43. The Hall–Kier alpha value is -3.03. The summed E-state index contributed by atoms with van der Waals surface area (Å²) in [5, 5.41) is 1.99. The van der Waals surface area contributed by atoms with Crippen molar-refractivity contribution >= 4 is 23.2 Å². The molecule has 7 heteroatoms. The van der Waals surface area contributed by atoms with E-state index >= 15 is 0 Å². The first-order chi connectivity index (χ1) is 18.2. The third-order valence-electron chi connectivity index (χ3n) is 7.06. The van der Waals surface area contributed by atoms with E-state index in [1.165, 1.54) is 25.0 Å². The van der Waals surface area contributed by atoms with Gasteiger partial charge in [0.2, 0.25) is 5.91 Å². The molecule has 0 N–H and O–H groups in total. The molecule has 4 rings (SSSR count). The largest absolute Gasteiger partial charge is 0.332 e. The number of hydrogen-bond acceptors (Lipinski definition) is 4. The van der Waals surface area contributed by atoms with Crippen molar-refractivity contribution in [1.82, 2.24) is 14.7 Å². The van der Waals surface area contributed by atoms with Crippen molar-refractivity contribution in [2.45, 2.75) is 52.1 Å². The number of amides is 2. The second kappa shape index (κ2) is 12.7. The first-order valence-electron chi connectivity index (χ1n) is 13.4. The normalized spacial score (nSPS) is 14.0.